The lowest BCUT2D eigenvalue weighted by Crippen LogP contribution is -2.23. The number of nitrogens with zero attached hydrogens (tertiary/aromatic N) is 4. The number of rotatable bonds is 3. The first-order chi connectivity index (χ1) is 6.74. The van der Waals surface area contributed by atoms with E-state index in [9.17, 15) is 0 Å². The van der Waals surface area contributed by atoms with Crippen LogP contribution in [0, 0.1) is 22.7 Å². The highest BCUT2D eigenvalue weighted by Gasteiger charge is 2.05. The topological polar surface area (TPSA) is 54.1 Å². The molecule has 4 nitrogen and oxygen atoms in total. The molecule has 5 heteroatoms. The van der Waals surface area contributed by atoms with Gasteiger partial charge in [-0.15, -0.1) is 0 Å². The maximum absolute atomic E-state index is 7.26. The molecule has 1 aliphatic rings. The van der Waals surface area contributed by atoms with Crippen LogP contribution in [0.1, 0.15) is 19.8 Å². The maximum atomic E-state index is 7.26. The highest BCUT2D eigenvalue weighted by Crippen LogP contribution is 2.04. The molecule has 84 valence electrons. The molecule has 0 amide bonds. The Bertz CT molecular complexity index is 239. The molecule has 0 spiro atoms. The third-order valence-corrected chi connectivity index (χ3v) is 1.79. The van der Waals surface area contributed by atoms with Crippen molar-refractivity contribution in [1.29, 1.82) is 10.5 Å². The van der Waals surface area contributed by atoms with E-state index >= 15 is 0 Å². The van der Waals surface area contributed by atoms with Crippen LogP contribution in [0.4, 0.5) is 0 Å². The van der Waals surface area contributed by atoms with Crippen molar-refractivity contribution in [3.63, 3.8) is 0 Å². The fourth-order valence-electron chi connectivity index (χ4n) is 1.10. The number of unbranched alkanes of at least 4 members (excludes halogenated alkanes) is 1. The van der Waals surface area contributed by atoms with Crippen molar-refractivity contribution >= 4 is 13.5 Å². The third kappa shape index (κ3) is 8.99. The van der Waals surface area contributed by atoms with Crippen molar-refractivity contribution in [2.75, 3.05) is 20.3 Å². The lowest BCUT2D eigenvalue weighted by molar-refractivity contribution is 0.293. The minimum Gasteiger partial charge on any atom is -0.362 e. The van der Waals surface area contributed by atoms with Crippen LogP contribution >= 0.6 is 13.5 Å². The van der Waals surface area contributed by atoms with Crippen LogP contribution in [0.25, 0.3) is 0 Å². The first-order valence-electron chi connectivity index (χ1n) is 4.65. The molecule has 0 bridgehead atoms. The summed E-state index contributed by atoms with van der Waals surface area (Å²) in [5.74, 6) is 0. The van der Waals surface area contributed by atoms with Crippen LogP contribution in [0.2, 0.25) is 0 Å². The van der Waals surface area contributed by atoms with Gasteiger partial charge in [0.1, 0.15) is 0 Å². The average molecular weight is 226 g/mol. The zero-order chi connectivity index (χ0) is 10.8. The van der Waals surface area contributed by atoms with Crippen LogP contribution < -0.4 is 0 Å². The van der Waals surface area contributed by atoms with Gasteiger partial charge < -0.3 is 9.80 Å². The van der Waals surface area contributed by atoms with E-state index < -0.39 is 0 Å². The molecular formula is C10H18N4S. The normalized spacial score (nSPS) is 12.0. The fourth-order valence-corrected chi connectivity index (χ4v) is 1.10. The lowest BCUT2D eigenvalue weighted by atomic mass is 10.3. The van der Waals surface area contributed by atoms with E-state index in [2.05, 4.69) is 36.2 Å². The predicted molar refractivity (Wildman–Crippen MR) is 65.0 cm³/mol. The Morgan fingerprint density at radius 2 is 1.87 bits per heavy atom. The van der Waals surface area contributed by atoms with Crippen LogP contribution in [-0.2, 0) is 0 Å². The van der Waals surface area contributed by atoms with Crippen LogP contribution in [0.15, 0.2) is 12.4 Å². The van der Waals surface area contributed by atoms with Gasteiger partial charge in [0.05, 0.1) is 6.67 Å². The molecule has 0 aromatic heterocycles. The minimum absolute atomic E-state index is 0. The second kappa shape index (κ2) is 10.7. The van der Waals surface area contributed by atoms with Gasteiger partial charge in [-0.3, -0.25) is 0 Å². The summed E-state index contributed by atoms with van der Waals surface area (Å²) in [4.78, 5) is 4.53. The van der Waals surface area contributed by atoms with E-state index in [4.69, 9.17) is 10.5 Å². The predicted octanol–water partition coefficient (Wildman–Crippen LogP) is 1.61. The Balaban J connectivity index is 0. The Labute approximate surface area is 98.8 Å². The van der Waals surface area contributed by atoms with Crippen molar-refractivity contribution in [3.05, 3.63) is 12.4 Å². The van der Waals surface area contributed by atoms with Crippen molar-refractivity contribution in [1.82, 2.24) is 9.80 Å². The number of nitriles is 2. The first-order valence-corrected chi connectivity index (χ1v) is 4.65. The van der Waals surface area contributed by atoms with E-state index in [0.29, 0.717) is 0 Å². The van der Waals surface area contributed by atoms with E-state index in [1.165, 1.54) is 31.5 Å². The summed E-state index contributed by atoms with van der Waals surface area (Å²) in [5.41, 5.74) is 0. The van der Waals surface area contributed by atoms with Crippen molar-refractivity contribution in [2.45, 2.75) is 19.8 Å². The molecule has 15 heavy (non-hydrogen) atoms. The molecule has 0 fully saturated rings. The summed E-state index contributed by atoms with van der Waals surface area (Å²) < 4.78 is 0. The zero-order valence-corrected chi connectivity index (χ0v) is 10.3. The standard InChI is InChI=1S/C8H16N2.C2N2.H2S/c1-3-4-5-10-7-6-9(2)8-10;3-1-2-4;/h6-7H,3-5,8H2,1-2H3;;1H2. The number of hydrogen-bond acceptors (Lipinski definition) is 4. The Morgan fingerprint density at radius 3 is 2.20 bits per heavy atom. The first kappa shape index (κ1) is 16.1. The molecule has 0 saturated carbocycles. The van der Waals surface area contributed by atoms with Gasteiger partial charge in [0.2, 0.25) is 0 Å². The quantitative estimate of drug-likeness (QED) is 0.733. The molecule has 1 heterocycles. The molecule has 0 aromatic rings. The van der Waals surface area contributed by atoms with Gasteiger partial charge in [0.25, 0.3) is 0 Å². The summed E-state index contributed by atoms with van der Waals surface area (Å²) >= 11 is 0. The monoisotopic (exact) mass is 226 g/mol. The second-order valence-electron chi connectivity index (χ2n) is 3.09. The van der Waals surface area contributed by atoms with Gasteiger partial charge in [0.15, 0.2) is 12.1 Å². The molecule has 0 saturated heterocycles. The van der Waals surface area contributed by atoms with E-state index in [1.807, 2.05) is 0 Å². The molecule has 1 aliphatic heterocycles. The molecule has 0 aromatic carbocycles. The Morgan fingerprint density at radius 1 is 1.27 bits per heavy atom. The summed E-state index contributed by atoms with van der Waals surface area (Å²) in [5, 5.41) is 14.5. The SMILES string of the molecule is CCCCN1C=CN(C)C1.N#CC#N.S. The van der Waals surface area contributed by atoms with E-state index in [-0.39, 0.29) is 13.5 Å². The molecule has 0 radical (unpaired) electrons. The maximum Gasteiger partial charge on any atom is 0.181 e. The molecule has 0 N–H and O–H groups in total. The smallest absolute Gasteiger partial charge is 0.181 e. The van der Waals surface area contributed by atoms with Gasteiger partial charge in [-0.25, -0.2) is 0 Å². The second-order valence-corrected chi connectivity index (χ2v) is 3.09. The van der Waals surface area contributed by atoms with Gasteiger partial charge in [-0.2, -0.15) is 24.0 Å². The summed E-state index contributed by atoms with van der Waals surface area (Å²) in [6.45, 7) is 4.50. The van der Waals surface area contributed by atoms with Gasteiger partial charge >= 0.3 is 0 Å². The zero-order valence-electron chi connectivity index (χ0n) is 9.27. The van der Waals surface area contributed by atoms with Crippen LogP contribution in [0.5, 0.6) is 0 Å². The van der Waals surface area contributed by atoms with Gasteiger partial charge in [-0.05, 0) is 6.42 Å². The fraction of sp³-hybridized carbons (Fsp3) is 0.600. The van der Waals surface area contributed by atoms with Gasteiger partial charge in [-0.1, -0.05) is 13.3 Å². The average Bonchev–Trinajstić information content (AvgIpc) is 2.61. The van der Waals surface area contributed by atoms with E-state index in [0.717, 1.165) is 6.67 Å². The lowest BCUT2D eigenvalue weighted by Gasteiger charge is -2.17. The molecule has 0 aliphatic carbocycles. The highest BCUT2D eigenvalue weighted by molar-refractivity contribution is 7.59. The molecule has 0 unspecified atom stereocenters. The summed E-state index contributed by atoms with van der Waals surface area (Å²) in [7, 11) is 2.10. The highest BCUT2D eigenvalue weighted by atomic mass is 32.1. The minimum atomic E-state index is 0. The van der Waals surface area contributed by atoms with E-state index in [1.54, 1.807) is 0 Å². The Kier molecular flexibility index (Phi) is 11.5. The largest absolute Gasteiger partial charge is 0.362 e. The summed E-state index contributed by atoms with van der Waals surface area (Å²) in [6, 6.07) is 2.47. The van der Waals surface area contributed by atoms with Gasteiger partial charge in [0, 0.05) is 26.0 Å². The van der Waals surface area contributed by atoms with Crippen molar-refractivity contribution in [2.24, 2.45) is 0 Å². The summed E-state index contributed by atoms with van der Waals surface area (Å²) in [6.07, 6.45) is 6.87. The molecule has 1 rings (SSSR count). The van der Waals surface area contributed by atoms with Crippen LogP contribution in [0.3, 0.4) is 0 Å². The third-order valence-electron chi connectivity index (χ3n) is 1.79. The van der Waals surface area contributed by atoms with Crippen LogP contribution in [-0.4, -0.2) is 30.1 Å². The molecule has 0 atom stereocenters. The molecular weight excluding hydrogens is 208 g/mol. The van der Waals surface area contributed by atoms with Crippen molar-refractivity contribution < 1.29 is 0 Å². The Hall–Kier alpha value is -1.33. The number of hydrogen-bond donors (Lipinski definition) is 0. The van der Waals surface area contributed by atoms with Crippen molar-refractivity contribution in [3.8, 4) is 12.1 Å².